The molecule has 0 saturated carbocycles. The van der Waals surface area contributed by atoms with Crippen molar-refractivity contribution in [2.45, 2.75) is 24.3 Å². The second kappa shape index (κ2) is 5.63. The Balaban J connectivity index is 1.68. The number of amides is 1. The van der Waals surface area contributed by atoms with Crippen LogP contribution in [0.1, 0.15) is 12.7 Å². The van der Waals surface area contributed by atoms with Crippen molar-refractivity contribution in [3.63, 3.8) is 0 Å². The fourth-order valence-corrected chi connectivity index (χ4v) is 3.03. The molecule has 0 bridgehead atoms. The normalized spacial score (nSPS) is 15.3. The van der Waals surface area contributed by atoms with E-state index in [0.29, 0.717) is 5.75 Å². The van der Waals surface area contributed by atoms with Crippen LogP contribution < -0.4 is 10.6 Å². The van der Waals surface area contributed by atoms with Gasteiger partial charge in [0.05, 0.1) is 17.7 Å². The quantitative estimate of drug-likeness (QED) is 0.905. The van der Waals surface area contributed by atoms with Crippen LogP contribution in [0.4, 0.5) is 11.4 Å². The fraction of sp³-hybridized carbons (Fsp3) is 0.267. The lowest BCUT2D eigenvalue weighted by Crippen LogP contribution is -2.20. The van der Waals surface area contributed by atoms with Gasteiger partial charge in [0, 0.05) is 23.0 Å². The van der Waals surface area contributed by atoms with Crippen LogP contribution in [0, 0.1) is 0 Å². The lowest BCUT2D eigenvalue weighted by atomic mass is 10.1. The molecule has 4 nitrogen and oxygen atoms in total. The Kier molecular flexibility index (Phi) is 3.69. The highest BCUT2D eigenvalue weighted by Gasteiger charge is 2.16. The number of benzene rings is 1. The number of furan rings is 1. The molecule has 5 heteroatoms. The van der Waals surface area contributed by atoms with Gasteiger partial charge in [0.2, 0.25) is 5.91 Å². The van der Waals surface area contributed by atoms with E-state index in [1.165, 1.54) is 0 Å². The van der Waals surface area contributed by atoms with Crippen molar-refractivity contribution in [3.8, 4) is 0 Å². The molecule has 0 saturated heterocycles. The van der Waals surface area contributed by atoms with Gasteiger partial charge in [0.15, 0.2) is 0 Å². The lowest BCUT2D eigenvalue weighted by molar-refractivity contribution is -0.113. The largest absolute Gasteiger partial charge is 0.469 e. The minimum Gasteiger partial charge on any atom is -0.469 e. The predicted molar refractivity (Wildman–Crippen MR) is 81.3 cm³/mol. The van der Waals surface area contributed by atoms with E-state index in [1.807, 2.05) is 30.3 Å². The van der Waals surface area contributed by atoms with Crippen molar-refractivity contribution in [1.82, 2.24) is 0 Å². The SMILES string of the molecule is CC(Cc1ccco1)Nc1ccc2c(c1)NC(=O)CS2. The summed E-state index contributed by atoms with van der Waals surface area (Å²) in [6.07, 6.45) is 2.51. The Morgan fingerprint density at radius 2 is 2.35 bits per heavy atom. The third kappa shape index (κ3) is 2.99. The molecule has 0 radical (unpaired) electrons. The number of carbonyl (C=O) groups is 1. The highest BCUT2D eigenvalue weighted by molar-refractivity contribution is 8.00. The van der Waals surface area contributed by atoms with Gasteiger partial charge in [-0.3, -0.25) is 4.79 Å². The van der Waals surface area contributed by atoms with Gasteiger partial charge in [-0.15, -0.1) is 11.8 Å². The minimum atomic E-state index is 0.0586. The highest BCUT2D eigenvalue weighted by Crippen LogP contribution is 2.33. The van der Waals surface area contributed by atoms with Gasteiger partial charge >= 0.3 is 0 Å². The van der Waals surface area contributed by atoms with Crippen molar-refractivity contribution in [1.29, 1.82) is 0 Å². The predicted octanol–water partition coefficient (Wildman–Crippen LogP) is 3.37. The molecular formula is C15H16N2O2S. The Morgan fingerprint density at radius 3 is 3.15 bits per heavy atom. The molecule has 2 aromatic rings. The summed E-state index contributed by atoms with van der Waals surface area (Å²) >= 11 is 1.57. The Bertz CT molecular complexity index is 610. The first kappa shape index (κ1) is 13.1. The maximum Gasteiger partial charge on any atom is 0.234 e. The van der Waals surface area contributed by atoms with Crippen LogP contribution in [-0.2, 0) is 11.2 Å². The van der Waals surface area contributed by atoms with Crippen LogP contribution >= 0.6 is 11.8 Å². The molecule has 0 fully saturated rings. The van der Waals surface area contributed by atoms with Crippen LogP contribution in [0.2, 0.25) is 0 Å². The number of thioether (sulfide) groups is 1. The Labute approximate surface area is 121 Å². The highest BCUT2D eigenvalue weighted by atomic mass is 32.2. The van der Waals surface area contributed by atoms with Crippen molar-refractivity contribution >= 4 is 29.0 Å². The van der Waals surface area contributed by atoms with E-state index >= 15 is 0 Å². The summed E-state index contributed by atoms with van der Waals surface area (Å²) in [4.78, 5) is 12.5. The fourth-order valence-electron chi connectivity index (χ4n) is 2.24. The molecule has 1 atom stereocenters. The molecule has 3 rings (SSSR count). The van der Waals surface area contributed by atoms with Gasteiger partial charge in [0.1, 0.15) is 5.76 Å². The molecule has 1 aliphatic heterocycles. The molecule has 0 aliphatic carbocycles. The zero-order chi connectivity index (χ0) is 13.9. The van der Waals surface area contributed by atoms with Gasteiger partial charge in [0.25, 0.3) is 0 Å². The minimum absolute atomic E-state index is 0.0586. The van der Waals surface area contributed by atoms with Crippen LogP contribution in [0.5, 0.6) is 0 Å². The molecule has 1 unspecified atom stereocenters. The summed E-state index contributed by atoms with van der Waals surface area (Å²) in [5.41, 5.74) is 1.90. The van der Waals surface area contributed by atoms with Gasteiger partial charge in [-0.1, -0.05) is 0 Å². The number of carbonyl (C=O) groups excluding carboxylic acids is 1. The van der Waals surface area contributed by atoms with Crippen molar-refractivity contribution < 1.29 is 9.21 Å². The summed E-state index contributed by atoms with van der Waals surface area (Å²) < 4.78 is 5.35. The van der Waals surface area contributed by atoms with Gasteiger partial charge in [-0.05, 0) is 37.3 Å². The monoisotopic (exact) mass is 288 g/mol. The zero-order valence-electron chi connectivity index (χ0n) is 11.2. The van der Waals surface area contributed by atoms with Crippen LogP contribution in [0.3, 0.4) is 0 Å². The van der Waals surface area contributed by atoms with Gasteiger partial charge < -0.3 is 15.1 Å². The second-order valence-corrected chi connectivity index (χ2v) is 5.89. The maximum absolute atomic E-state index is 11.4. The number of anilines is 2. The maximum atomic E-state index is 11.4. The summed E-state index contributed by atoms with van der Waals surface area (Å²) in [6.45, 7) is 2.11. The van der Waals surface area contributed by atoms with E-state index in [0.717, 1.165) is 28.5 Å². The topological polar surface area (TPSA) is 54.3 Å². The molecule has 20 heavy (non-hydrogen) atoms. The smallest absolute Gasteiger partial charge is 0.234 e. The van der Waals surface area contributed by atoms with Crippen molar-refractivity contribution in [2.24, 2.45) is 0 Å². The first-order valence-electron chi connectivity index (χ1n) is 6.56. The van der Waals surface area contributed by atoms with E-state index in [4.69, 9.17) is 4.42 Å². The number of rotatable bonds is 4. The molecule has 1 aromatic carbocycles. The number of hydrogen-bond acceptors (Lipinski definition) is 4. The molecule has 2 N–H and O–H groups in total. The summed E-state index contributed by atoms with van der Waals surface area (Å²) in [5.74, 6) is 1.52. The zero-order valence-corrected chi connectivity index (χ0v) is 12.0. The van der Waals surface area contributed by atoms with E-state index < -0.39 is 0 Å². The van der Waals surface area contributed by atoms with Crippen molar-refractivity contribution in [2.75, 3.05) is 16.4 Å². The first-order chi connectivity index (χ1) is 9.70. The van der Waals surface area contributed by atoms with E-state index in [2.05, 4.69) is 17.6 Å². The number of fused-ring (bicyclic) bond motifs is 1. The third-order valence-corrected chi connectivity index (χ3v) is 4.19. The molecule has 0 spiro atoms. The third-order valence-electron chi connectivity index (χ3n) is 3.11. The van der Waals surface area contributed by atoms with Gasteiger partial charge in [-0.2, -0.15) is 0 Å². The molecule has 104 valence electrons. The summed E-state index contributed by atoms with van der Waals surface area (Å²) in [6, 6.07) is 10.2. The lowest BCUT2D eigenvalue weighted by Gasteiger charge is -2.19. The van der Waals surface area contributed by atoms with Crippen LogP contribution in [-0.4, -0.2) is 17.7 Å². The van der Waals surface area contributed by atoms with E-state index in [-0.39, 0.29) is 11.9 Å². The molecule has 1 aliphatic rings. The number of nitrogens with one attached hydrogen (secondary N) is 2. The van der Waals surface area contributed by atoms with Crippen molar-refractivity contribution in [3.05, 3.63) is 42.4 Å². The first-order valence-corrected chi connectivity index (χ1v) is 7.55. The van der Waals surface area contributed by atoms with Crippen LogP contribution in [0.15, 0.2) is 45.9 Å². The Hall–Kier alpha value is -1.88. The summed E-state index contributed by atoms with van der Waals surface area (Å²) in [7, 11) is 0. The standard InChI is InChI=1S/C15H16N2O2S/c1-10(7-12-3-2-6-19-12)16-11-4-5-14-13(8-11)17-15(18)9-20-14/h2-6,8,10,16H,7,9H2,1H3,(H,17,18). The molecule has 2 heterocycles. The number of hydrogen-bond donors (Lipinski definition) is 2. The molecule has 1 aromatic heterocycles. The van der Waals surface area contributed by atoms with Crippen LogP contribution in [0.25, 0.3) is 0 Å². The summed E-state index contributed by atoms with van der Waals surface area (Å²) in [5, 5.41) is 6.33. The average Bonchev–Trinajstić information content (AvgIpc) is 2.91. The Morgan fingerprint density at radius 1 is 1.45 bits per heavy atom. The van der Waals surface area contributed by atoms with E-state index in [9.17, 15) is 4.79 Å². The average molecular weight is 288 g/mol. The molecule has 1 amide bonds. The molecular weight excluding hydrogens is 272 g/mol. The van der Waals surface area contributed by atoms with Gasteiger partial charge in [-0.25, -0.2) is 0 Å². The second-order valence-electron chi connectivity index (χ2n) is 4.88. The van der Waals surface area contributed by atoms with E-state index in [1.54, 1.807) is 18.0 Å².